The molecule has 0 aromatic heterocycles. The largest absolute Gasteiger partial charge is 0.381 e. The van der Waals surface area contributed by atoms with E-state index in [1.165, 1.54) is 25.7 Å². The SMILES string of the molecule is CCC[C@@H](CCCNC(C)C)OC. The summed E-state index contributed by atoms with van der Waals surface area (Å²) in [7, 11) is 1.82. The molecular formula is C11H25NO. The Bertz CT molecular complexity index is 104. The molecule has 0 unspecified atom stereocenters. The lowest BCUT2D eigenvalue weighted by molar-refractivity contribution is 0.0855. The highest BCUT2D eigenvalue weighted by atomic mass is 16.5. The van der Waals surface area contributed by atoms with Gasteiger partial charge in [0.1, 0.15) is 0 Å². The minimum Gasteiger partial charge on any atom is -0.381 e. The highest BCUT2D eigenvalue weighted by Gasteiger charge is 2.04. The molecule has 2 nitrogen and oxygen atoms in total. The maximum atomic E-state index is 5.37. The summed E-state index contributed by atoms with van der Waals surface area (Å²) in [5.74, 6) is 0. The summed E-state index contributed by atoms with van der Waals surface area (Å²) in [6, 6.07) is 0.604. The summed E-state index contributed by atoms with van der Waals surface area (Å²) in [5, 5.41) is 3.41. The maximum Gasteiger partial charge on any atom is 0.0571 e. The zero-order valence-electron chi connectivity index (χ0n) is 9.60. The van der Waals surface area contributed by atoms with Gasteiger partial charge < -0.3 is 10.1 Å². The second kappa shape index (κ2) is 8.52. The van der Waals surface area contributed by atoms with Crippen LogP contribution in [-0.2, 0) is 4.74 Å². The Kier molecular flexibility index (Phi) is 8.46. The quantitative estimate of drug-likeness (QED) is 0.590. The molecule has 0 spiro atoms. The molecule has 0 rings (SSSR count). The Morgan fingerprint density at radius 1 is 1.23 bits per heavy atom. The molecule has 0 fully saturated rings. The molecule has 13 heavy (non-hydrogen) atoms. The summed E-state index contributed by atoms with van der Waals surface area (Å²) >= 11 is 0. The van der Waals surface area contributed by atoms with Crippen molar-refractivity contribution in [2.75, 3.05) is 13.7 Å². The summed E-state index contributed by atoms with van der Waals surface area (Å²) in [5.41, 5.74) is 0. The maximum absolute atomic E-state index is 5.37. The van der Waals surface area contributed by atoms with Gasteiger partial charge in [-0.1, -0.05) is 27.2 Å². The van der Waals surface area contributed by atoms with Crippen molar-refractivity contribution in [3.8, 4) is 0 Å². The van der Waals surface area contributed by atoms with Crippen molar-refractivity contribution >= 4 is 0 Å². The van der Waals surface area contributed by atoms with Gasteiger partial charge in [-0.15, -0.1) is 0 Å². The van der Waals surface area contributed by atoms with Gasteiger partial charge in [0, 0.05) is 13.2 Å². The van der Waals surface area contributed by atoms with Crippen LogP contribution in [0.1, 0.15) is 46.5 Å². The van der Waals surface area contributed by atoms with E-state index >= 15 is 0 Å². The lowest BCUT2D eigenvalue weighted by atomic mass is 10.1. The third-order valence-corrected chi connectivity index (χ3v) is 2.20. The third kappa shape index (κ3) is 8.26. The van der Waals surface area contributed by atoms with Crippen LogP contribution >= 0.6 is 0 Å². The first kappa shape index (κ1) is 12.9. The number of nitrogens with one attached hydrogen (secondary N) is 1. The van der Waals surface area contributed by atoms with Crippen molar-refractivity contribution in [3.63, 3.8) is 0 Å². The molecule has 0 aliphatic heterocycles. The Morgan fingerprint density at radius 2 is 1.92 bits per heavy atom. The van der Waals surface area contributed by atoms with Gasteiger partial charge in [0.15, 0.2) is 0 Å². The van der Waals surface area contributed by atoms with Crippen LogP contribution in [0.15, 0.2) is 0 Å². The highest BCUT2D eigenvalue weighted by Crippen LogP contribution is 2.07. The molecule has 0 saturated heterocycles. The molecule has 0 amide bonds. The molecule has 0 aliphatic rings. The van der Waals surface area contributed by atoms with E-state index in [1.54, 1.807) is 0 Å². The molecule has 0 aromatic carbocycles. The lowest BCUT2D eigenvalue weighted by Crippen LogP contribution is -2.24. The van der Waals surface area contributed by atoms with E-state index in [4.69, 9.17) is 4.74 Å². The van der Waals surface area contributed by atoms with Gasteiger partial charge >= 0.3 is 0 Å². The summed E-state index contributed by atoms with van der Waals surface area (Å²) in [6.45, 7) is 7.68. The van der Waals surface area contributed by atoms with Gasteiger partial charge in [-0.05, 0) is 25.8 Å². The molecule has 2 heteroatoms. The van der Waals surface area contributed by atoms with Crippen LogP contribution in [0.4, 0.5) is 0 Å². The number of methoxy groups -OCH3 is 1. The van der Waals surface area contributed by atoms with Crippen LogP contribution in [0.2, 0.25) is 0 Å². The fourth-order valence-electron chi connectivity index (χ4n) is 1.42. The van der Waals surface area contributed by atoms with Crippen molar-refractivity contribution in [2.24, 2.45) is 0 Å². The van der Waals surface area contributed by atoms with Crippen molar-refractivity contribution in [1.29, 1.82) is 0 Å². The zero-order valence-corrected chi connectivity index (χ0v) is 9.60. The molecule has 0 saturated carbocycles. The Labute approximate surface area is 83.1 Å². The van der Waals surface area contributed by atoms with E-state index < -0.39 is 0 Å². The van der Waals surface area contributed by atoms with Crippen molar-refractivity contribution < 1.29 is 4.74 Å². The standard InChI is InChI=1S/C11H25NO/c1-5-7-11(13-4)8-6-9-12-10(2)3/h10-12H,5-9H2,1-4H3/t11-/m0/s1. The number of ether oxygens (including phenoxy) is 1. The van der Waals surface area contributed by atoms with E-state index in [0.29, 0.717) is 12.1 Å². The average molecular weight is 187 g/mol. The van der Waals surface area contributed by atoms with Crippen LogP contribution in [0.3, 0.4) is 0 Å². The topological polar surface area (TPSA) is 21.3 Å². The first-order valence-electron chi connectivity index (χ1n) is 5.46. The predicted molar refractivity (Wildman–Crippen MR) is 58.1 cm³/mol. The second-order valence-corrected chi connectivity index (χ2v) is 3.90. The second-order valence-electron chi connectivity index (χ2n) is 3.90. The highest BCUT2D eigenvalue weighted by molar-refractivity contribution is 4.59. The number of hydrogen-bond acceptors (Lipinski definition) is 2. The van der Waals surface area contributed by atoms with E-state index in [0.717, 1.165) is 6.54 Å². The Hall–Kier alpha value is -0.0800. The lowest BCUT2D eigenvalue weighted by Gasteiger charge is -2.14. The van der Waals surface area contributed by atoms with Crippen molar-refractivity contribution in [3.05, 3.63) is 0 Å². The molecule has 0 bridgehead atoms. The Balaban J connectivity index is 3.27. The van der Waals surface area contributed by atoms with Crippen LogP contribution < -0.4 is 5.32 Å². The smallest absolute Gasteiger partial charge is 0.0571 e. The average Bonchev–Trinajstić information content (AvgIpc) is 2.10. The van der Waals surface area contributed by atoms with E-state index in [2.05, 4.69) is 26.1 Å². The monoisotopic (exact) mass is 187 g/mol. The summed E-state index contributed by atoms with van der Waals surface area (Å²) in [6.07, 6.45) is 5.29. The van der Waals surface area contributed by atoms with Crippen LogP contribution in [0.5, 0.6) is 0 Å². The molecule has 1 N–H and O–H groups in total. The van der Waals surface area contributed by atoms with Gasteiger partial charge in [-0.3, -0.25) is 0 Å². The first-order chi connectivity index (χ1) is 6.20. The van der Waals surface area contributed by atoms with Crippen molar-refractivity contribution in [1.82, 2.24) is 5.32 Å². The van der Waals surface area contributed by atoms with Crippen LogP contribution in [0, 0.1) is 0 Å². The fourth-order valence-corrected chi connectivity index (χ4v) is 1.42. The summed E-state index contributed by atoms with van der Waals surface area (Å²) in [4.78, 5) is 0. The van der Waals surface area contributed by atoms with Gasteiger partial charge in [-0.2, -0.15) is 0 Å². The van der Waals surface area contributed by atoms with E-state index in [9.17, 15) is 0 Å². The minimum atomic E-state index is 0.471. The van der Waals surface area contributed by atoms with E-state index in [-0.39, 0.29) is 0 Å². The fraction of sp³-hybridized carbons (Fsp3) is 1.00. The molecule has 0 aromatic rings. The molecule has 0 heterocycles. The zero-order chi connectivity index (χ0) is 10.1. The molecule has 1 atom stereocenters. The molecule has 0 aliphatic carbocycles. The Morgan fingerprint density at radius 3 is 2.38 bits per heavy atom. The van der Waals surface area contributed by atoms with Gasteiger partial charge in [0.25, 0.3) is 0 Å². The third-order valence-electron chi connectivity index (χ3n) is 2.20. The normalized spacial score (nSPS) is 13.6. The predicted octanol–water partition coefficient (Wildman–Crippen LogP) is 2.58. The number of rotatable bonds is 8. The molecule has 80 valence electrons. The van der Waals surface area contributed by atoms with Crippen LogP contribution in [0.25, 0.3) is 0 Å². The van der Waals surface area contributed by atoms with Crippen molar-refractivity contribution in [2.45, 2.75) is 58.6 Å². The first-order valence-corrected chi connectivity index (χ1v) is 5.46. The molecule has 0 radical (unpaired) electrons. The van der Waals surface area contributed by atoms with Crippen LogP contribution in [-0.4, -0.2) is 25.8 Å². The van der Waals surface area contributed by atoms with Gasteiger partial charge in [0.2, 0.25) is 0 Å². The number of hydrogen-bond donors (Lipinski definition) is 1. The molecular weight excluding hydrogens is 162 g/mol. The van der Waals surface area contributed by atoms with Gasteiger partial charge in [0.05, 0.1) is 6.10 Å². The van der Waals surface area contributed by atoms with E-state index in [1.807, 2.05) is 7.11 Å². The summed E-state index contributed by atoms with van der Waals surface area (Å²) < 4.78 is 5.37. The minimum absolute atomic E-state index is 0.471. The van der Waals surface area contributed by atoms with Gasteiger partial charge in [-0.25, -0.2) is 0 Å².